The highest BCUT2D eigenvalue weighted by Crippen LogP contribution is 2.32. The number of para-hydroxylation sites is 1. The van der Waals surface area contributed by atoms with E-state index in [9.17, 15) is 18.4 Å². The van der Waals surface area contributed by atoms with Gasteiger partial charge in [-0.3, -0.25) is 0 Å². The highest BCUT2D eigenvalue weighted by Gasteiger charge is 2.39. The topological polar surface area (TPSA) is 110 Å². The molecule has 1 N–H and O–H groups in total. The van der Waals surface area contributed by atoms with Gasteiger partial charge in [0, 0.05) is 5.69 Å². The summed E-state index contributed by atoms with van der Waals surface area (Å²) < 4.78 is 32.4. The Morgan fingerprint density at radius 2 is 2.00 bits per heavy atom. The fourth-order valence-electron chi connectivity index (χ4n) is 2.59. The van der Waals surface area contributed by atoms with E-state index in [0.717, 1.165) is 0 Å². The van der Waals surface area contributed by atoms with Crippen LogP contribution in [0.25, 0.3) is 0 Å². The Balaban J connectivity index is 2.53. The van der Waals surface area contributed by atoms with Crippen LogP contribution in [0.3, 0.4) is 0 Å². The van der Waals surface area contributed by atoms with Crippen LogP contribution < -0.4 is 5.06 Å². The molecule has 8 nitrogen and oxygen atoms in total. The van der Waals surface area contributed by atoms with E-state index in [1.165, 1.54) is 24.3 Å². The van der Waals surface area contributed by atoms with Gasteiger partial charge in [0.2, 0.25) is 0 Å². The molecule has 0 aromatic heterocycles. The molecule has 26 heavy (non-hydrogen) atoms. The van der Waals surface area contributed by atoms with E-state index in [-0.39, 0.29) is 15.6 Å². The maximum atomic E-state index is 13.2. The number of carbonyl (C=O) groups is 1. The minimum Gasteiger partial charge on any atom is -0.757 e. The van der Waals surface area contributed by atoms with Crippen LogP contribution in [0.4, 0.5) is 10.5 Å². The first-order valence-electron chi connectivity index (χ1n) is 8.16. The number of nitrogens with zero attached hydrogens (tertiary/aromatic N) is 2. The quantitative estimate of drug-likeness (QED) is 0.473. The molecule has 1 aliphatic rings. The summed E-state index contributed by atoms with van der Waals surface area (Å²) in [7, 11) is -4.39. The van der Waals surface area contributed by atoms with Crippen molar-refractivity contribution in [3.63, 3.8) is 0 Å². The van der Waals surface area contributed by atoms with Gasteiger partial charge in [-0.2, -0.15) is 4.31 Å². The van der Waals surface area contributed by atoms with Gasteiger partial charge in [0.25, 0.3) is 10.0 Å². The molecule has 0 bridgehead atoms. The molecule has 1 aromatic rings. The lowest BCUT2D eigenvalue weighted by Gasteiger charge is -2.33. The summed E-state index contributed by atoms with van der Waals surface area (Å²) in [5, 5.41) is 21.1. The summed E-state index contributed by atoms with van der Waals surface area (Å²) >= 11 is 0. The second-order valence-electron chi connectivity index (χ2n) is 6.84. The van der Waals surface area contributed by atoms with Crippen LogP contribution >= 0.6 is 0 Å². The van der Waals surface area contributed by atoms with Crippen molar-refractivity contribution in [2.75, 3.05) is 11.8 Å². The predicted molar refractivity (Wildman–Crippen MR) is 96.8 cm³/mol. The molecule has 0 saturated carbocycles. The first-order chi connectivity index (χ1) is 12.1. The van der Waals surface area contributed by atoms with Gasteiger partial charge in [0.15, 0.2) is 0 Å². The number of rotatable bonds is 5. The number of amides is 1. The highest BCUT2D eigenvalue weighted by atomic mass is 32.2. The van der Waals surface area contributed by atoms with Gasteiger partial charge in [-0.15, -0.1) is 0 Å². The SMILES string of the molecule is CC(C)(C)OC(=O)N(C1C=CCC1)S(=O)(=O)c1ccccc1N([O-])CO. The number of sulfonamides is 1. The molecule has 9 heteroatoms. The van der Waals surface area contributed by atoms with Crippen molar-refractivity contribution in [2.45, 2.75) is 50.2 Å². The third-order valence-corrected chi connectivity index (χ3v) is 5.50. The maximum Gasteiger partial charge on any atom is 0.424 e. The van der Waals surface area contributed by atoms with Gasteiger partial charge < -0.3 is 20.1 Å². The largest absolute Gasteiger partial charge is 0.757 e. The second-order valence-corrected chi connectivity index (χ2v) is 8.63. The molecule has 2 rings (SSSR count). The molecule has 0 aliphatic heterocycles. The minimum atomic E-state index is -4.39. The molecule has 144 valence electrons. The highest BCUT2D eigenvalue weighted by molar-refractivity contribution is 7.89. The summed E-state index contributed by atoms with van der Waals surface area (Å²) in [6.45, 7) is 4.00. The molecular weight excluding hydrogens is 360 g/mol. The number of aliphatic hydroxyl groups excluding tert-OH is 1. The van der Waals surface area contributed by atoms with Crippen molar-refractivity contribution in [2.24, 2.45) is 0 Å². The average molecular weight is 383 g/mol. The van der Waals surface area contributed by atoms with E-state index in [1.54, 1.807) is 32.9 Å². The summed E-state index contributed by atoms with van der Waals surface area (Å²) in [6.07, 6.45) is 3.47. The maximum absolute atomic E-state index is 13.2. The normalized spacial score (nSPS) is 17.2. The number of anilines is 1. The Bertz CT molecular complexity index is 785. The van der Waals surface area contributed by atoms with Crippen LogP contribution in [0, 0.1) is 5.21 Å². The molecule has 1 atom stereocenters. The van der Waals surface area contributed by atoms with E-state index in [2.05, 4.69) is 0 Å². The van der Waals surface area contributed by atoms with Crippen LogP contribution in [-0.4, -0.2) is 42.3 Å². The zero-order chi connectivity index (χ0) is 19.5. The zero-order valence-corrected chi connectivity index (χ0v) is 15.8. The van der Waals surface area contributed by atoms with Gasteiger partial charge in [0.05, 0.1) is 6.04 Å². The standard InChI is InChI=1S/C17H23N2O6S/c1-17(2,3)25-16(21)19(13-8-4-5-9-13)26(23,24)15-11-7-6-10-14(15)18(22)12-20/h4,6-8,10-11,13,20H,5,9,12H2,1-3H3/q-1. The van der Waals surface area contributed by atoms with Crippen LogP contribution in [-0.2, 0) is 14.8 Å². The Labute approximate surface area is 153 Å². The third kappa shape index (κ3) is 4.35. The van der Waals surface area contributed by atoms with Gasteiger partial charge in [0.1, 0.15) is 17.2 Å². The number of allylic oxidation sites excluding steroid dienone is 1. The molecule has 0 radical (unpaired) electrons. The van der Waals surface area contributed by atoms with Crippen molar-refractivity contribution in [1.29, 1.82) is 0 Å². The zero-order valence-electron chi connectivity index (χ0n) is 15.0. The Kier molecular flexibility index (Phi) is 5.94. The number of aliphatic hydroxyl groups is 1. The fourth-order valence-corrected chi connectivity index (χ4v) is 4.26. The van der Waals surface area contributed by atoms with E-state index in [1.807, 2.05) is 0 Å². The van der Waals surface area contributed by atoms with Gasteiger partial charge in [-0.05, 0) is 45.7 Å². The van der Waals surface area contributed by atoms with Crippen molar-refractivity contribution in [3.8, 4) is 0 Å². The number of hydrogen-bond acceptors (Lipinski definition) is 7. The first-order valence-corrected chi connectivity index (χ1v) is 9.60. The molecule has 0 fully saturated rings. The first kappa shape index (κ1) is 20.2. The van der Waals surface area contributed by atoms with Crippen LogP contribution in [0.2, 0.25) is 0 Å². The van der Waals surface area contributed by atoms with Crippen molar-refractivity contribution in [1.82, 2.24) is 4.31 Å². The van der Waals surface area contributed by atoms with Crippen molar-refractivity contribution in [3.05, 3.63) is 41.6 Å². The Morgan fingerprint density at radius 3 is 2.54 bits per heavy atom. The third-order valence-electron chi connectivity index (χ3n) is 3.66. The molecule has 0 saturated heterocycles. The Hall–Kier alpha value is -2.10. The molecule has 1 amide bonds. The smallest absolute Gasteiger partial charge is 0.424 e. The van der Waals surface area contributed by atoms with E-state index in [4.69, 9.17) is 9.84 Å². The molecule has 1 aromatic carbocycles. The number of benzene rings is 1. The second kappa shape index (κ2) is 7.65. The van der Waals surface area contributed by atoms with Crippen LogP contribution in [0.1, 0.15) is 33.6 Å². The Morgan fingerprint density at radius 1 is 1.35 bits per heavy atom. The number of carbonyl (C=O) groups excluding carboxylic acids is 1. The lowest BCUT2D eigenvalue weighted by molar-refractivity contribution is 0.0361. The van der Waals surface area contributed by atoms with Gasteiger partial charge in [-0.25, -0.2) is 13.2 Å². The van der Waals surface area contributed by atoms with Crippen LogP contribution in [0.15, 0.2) is 41.3 Å². The average Bonchev–Trinajstić information content (AvgIpc) is 3.06. The van der Waals surface area contributed by atoms with Crippen molar-refractivity contribution >= 4 is 21.8 Å². The molecule has 1 unspecified atom stereocenters. The monoisotopic (exact) mass is 383 g/mol. The van der Waals surface area contributed by atoms with E-state index in [0.29, 0.717) is 17.1 Å². The van der Waals surface area contributed by atoms with E-state index < -0.39 is 34.5 Å². The van der Waals surface area contributed by atoms with E-state index >= 15 is 0 Å². The minimum absolute atomic E-state index is 0.143. The summed E-state index contributed by atoms with van der Waals surface area (Å²) in [6, 6.07) is 4.72. The lowest BCUT2D eigenvalue weighted by Crippen LogP contribution is -2.46. The molecule has 0 heterocycles. The van der Waals surface area contributed by atoms with Gasteiger partial charge >= 0.3 is 6.09 Å². The summed E-state index contributed by atoms with van der Waals surface area (Å²) in [4.78, 5) is 12.3. The number of hydroxylamine groups is 1. The summed E-state index contributed by atoms with van der Waals surface area (Å²) in [5.41, 5.74) is -1.13. The predicted octanol–water partition coefficient (Wildman–Crippen LogP) is 2.59. The molecule has 1 aliphatic carbocycles. The van der Waals surface area contributed by atoms with Crippen molar-refractivity contribution < 1.29 is 23.1 Å². The van der Waals surface area contributed by atoms with Gasteiger partial charge in [-0.1, -0.05) is 24.3 Å². The van der Waals surface area contributed by atoms with Crippen LogP contribution in [0.5, 0.6) is 0 Å². The molecule has 0 spiro atoms. The summed E-state index contributed by atoms with van der Waals surface area (Å²) in [5.74, 6) is 0. The lowest BCUT2D eigenvalue weighted by atomic mass is 10.2. The fraction of sp³-hybridized carbons (Fsp3) is 0.471. The molecular formula is C17H23N2O6S-. The number of ether oxygens (including phenoxy) is 1. The number of hydrogen-bond donors (Lipinski definition) is 1.